The van der Waals surface area contributed by atoms with Crippen LogP contribution < -0.4 is 0 Å². The highest BCUT2D eigenvalue weighted by Crippen LogP contribution is 2.39. The van der Waals surface area contributed by atoms with E-state index in [2.05, 4.69) is 20.2 Å². The van der Waals surface area contributed by atoms with Gasteiger partial charge in [0.15, 0.2) is 29.0 Å². The minimum Gasteiger partial charge on any atom is -0.394 e. The van der Waals surface area contributed by atoms with Crippen LogP contribution in [0.1, 0.15) is 29.5 Å². The van der Waals surface area contributed by atoms with Crippen molar-refractivity contribution in [2.24, 2.45) is 0 Å². The molecule has 1 aromatic carbocycles. The van der Waals surface area contributed by atoms with E-state index in [0.29, 0.717) is 5.69 Å². The van der Waals surface area contributed by atoms with Gasteiger partial charge in [-0.15, -0.1) is 0 Å². The monoisotopic (exact) mass is 561 g/mol. The maximum atomic E-state index is 13.8. The van der Waals surface area contributed by atoms with Crippen molar-refractivity contribution in [2.75, 3.05) is 6.61 Å². The Bertz CT molecular complexity index is 1570. The highest BCUT2D eigenvalue weighted by Gasteiger charge is 2.48. The van der Waals surface area contributed by atoms with E-state index in [-0.39, 0.29) is 33.5 Å². The summed E-state index contributed by atoms with van der Waals surface area (Å²) in [6.07, 6.45) is -1.61. The number of aromatic nitrogens is 6. The summed E-state index contributed by atoms with van der Waals surface area (Å²) < 4.78 is 49.3. The molecule has 3 N–H and O–H groups in total. The molecule has 1 fully saturated rings. The Labute approximate surface area is 223 Å². The van der Waals surface area contributed by atoms with E-state index in [0.717, 1.165) is 16.8 Å². The second-order valence-corrected chi connectivity index (χ2v) is 9.18. The summed E-state index contributed by atoms with van der Waals surface area (Å²) in [5, 5.41) is 49.8. The van der Waals surface area contributed by atoms with Crippen LogP contribution in [0, 0.1) is 35.7 Å². The highest BCUT2D eigenvalue weighted by atomic mass is 35.5. The number of nitrogens with zero attached hydrogens (tertiary/aromatic N) is 7. The lowest BCUT2D eigenvalue weighted by Gasteiger charge is -2.41. The lowest BCUT2D eigenvalue weighted by atomic mass is 9.92. The number of aliphatic hydroxyl groups excluding tert-OH is 3. The van der Waals surface area contributed by atoms with Gasteiger partial charge in [0.05, 0.1) is 29.7 Å². The molecule has 4 heterocycles. The third kappa shape index (κ3) is 4.75. The van der Waals surface area contributed by atoms with E-state index in [1.54, 1.807) is 6.92 Å². The van der Waals surface area contributed by atoms with Crippen molar-refractivity contribution in [2.45, 2.75) is 37.4 Å². The van der Waals surface area contributed by atoms with Gasteiger partial charge in [-0.1, -0.05) is 11.6 Å². The standard InChI is InChI=1S/C24H19ClF3N7O4/c1-10-32-24(35(33-10)13-4-14(25)17(5-29)30-7-13)23-22(38)20(21(37)18(9-36)39-23)34-8-12(6-31-34)11-2-15(26)19(28)16(27)3-11/h2-4,6-8,18,20-23,36-38H,9H2,1H3/t18-,20+,21+,22-,23-/m1/s1. The van der Waals surface area contributed by atoms with Crippen molar-refractivity contribution in [1.29, 1.82) is 5.26 Å². The molecule has 1 saturated heterocycles. The second-order valence-electron chi connectivity index (χ2n) is 8.78. The molecule has 0 radical (unpaired) electrons. The van der Waals surface area contributed by atoms with E-state index in [4.69, 9.17) is 21.6 Å². The van der Waals surface area contributed by atoms with E-state index < -0.39 is 54.5 Å². The molecule has 0 unspecified atom stereocenters. The number of hydrogen-bond acceptors (Lipinski definition) is 9. The first-order chi connectivity index (χ1) is 18.6. The molecule has 0 spiro atoms. The molecule has 11 nitrogen and oxygen atoms in total. The van der Waals surface area contributed by atoms with Gasteiger partial charge >= 0.3 is 0 Å². The molecular formula is C24H19ClF3N7O4. The number of halogens is 4. The Balaban J connectivity index is 1.54. The Kier molecular flexibility index (Phi) is 7.10. The fraction of sp³-hybridized carbons (Fsp3) is 0.292. The number of benzene rings is 1. The van der Waals surface area contributed by atoms with Crippen molar-refractivity contribution in [3.05, 3.63) is 76.6 Å². The van der Waals surface area contributed by atoms with Gasteiger partial charge in [-0.25, -0.2) is 27.8 Å². The molecule has 202 valence electrons. The average molecular weight is 562 g/mol. The molecule has 0 aliphatic carbocycles. The van der Waals surface area contributed by atoms with Crippen molar-refractivity contribution < 1.29 is 33.2 Å². The van der Waals surface area contributed by atoms with Crippen molar-refractivity contribution in [1.82, 2.24) is 29.5 Å². The summed E-state index contributed by atoms with van der Waals surface area (Å²) >= 11 is 6.13. The number of aryl methyl sites for hydroxylation is 1. The first kappa shape index (κ1) is 26.7. The van der Waals surface area contributed by atoms with Crippen LogP contribution in [-0.2, 0) is 4.74 Å². The van der Waals surface area contributed by atoms with Gasteiger partial charge in [0.2, 0.25) is 0 Å². The molecule has 4 aromatic rings. The summed E-state index contributed by atoms with van der Waals surface area (Å²) in [4.78, 5) is 8.34. The van der Waals surface area contributed by atoms with E-state index in [1.165, 1.54) is 29.3 Å². The van der Waals surface area contributed by atoms with Gasteiger partial charge in [0, 0.05) is 11.8 Å². The summed E-state index contributed by atoms with van der Waals surface area (Å²) in [6.45, 7) is 0.950. The lowest BCUT2D eigenvalue weighted by Crippen LogP contribution is -2.53. The third-order valence-electron chi connectivity index (χ3n) is 6.29. The Morgan fingerprint density at radius 2 is 1.82 bits per heavy atom. The molecule has 5 atom stereocenters. The zero-order valence-corrected chi connectivity index (χ0v) is 20.7. The number of ether oxygens (including phenoxy) is 1. The van der Waals surface area contributed by atoms with Crippen LogP contribution in [0.4, 0.5) is 13.2 Å². The topological polar surface area (TPSA) is 155 Å². The molecule has 3 aromatic heterocycles. The molecule has 0 amide bonds. The predicted molar refractivity (Wildman–Crippen MR) is 127 cm³/mol. The fourth-order valence-corrected chi connectivity index (χ4v) is 4.63. The van der Waals surface area contributed by atoms with E-state index in [9.17, 15) is 28.5 Å². The van der Waals surface area contributed by atoms with Gasteiger partial charge in [-0.3, -0.25) is 4.68 Å². The summed E-state index contributed by atoms with van der Waals surface area (Å²) in [7, 11) is 0. The smallest absolute Gasteiger partial charge is 0.194 e. The second kappa shape index (κ2) is 10.4. The quantitative estimate of drug-likeness (QED) is 0.311. The fourth-order valence-electron chi connectivity index (χ4n) is 4.43. The normalized spacial score (nSPS) is 23.1. The van der Waals surface area contributed by atoms with Crippen LogP contribution in [0.2, 0.25) is 5.02 Å². The minimum atomic E-state index is -1.62. The van der Waals surface area contributed by atoms with Gasteiger partial charge in [0.25, 0.3) is 0 Å². The van der Waals surface area contributed by atoms with Gasteiger partial charge in [-0.05, 0) is 30.7 Å². The molecule has 15 heteroatoms. The molecule has 1 aliphatic rings. The van der Waals surface area contributed by atoms with E-state index in [1.807, 2.05) is 6.07 Å². The molecule has 0 saturated carbocycles. The summed E-state index contributed by atoms with van der Waals surface area (Å²) in [5.41, 5.74) is 0.444. The number of hydrogen-bond donors (Lipinski definition) is 3. The zero-order chi connectivity index (χ0) is 28.0. The maximum absolute atomic E-state index is 13.8. The average Bonchev–Trinajstić information content (AvgIpc) is 3.54. The van der Waals surface area contributed by atoms with Gasteiger partial charge in [0.1, 0.15) is 42.4 Å². The van der Waals surface area contributed by atoms with Crippen LogP contribution >= 0.6 is 11.6 Å². The molecule has 1 aliphatic heterocycles. The first-order valence-electron chi connectivity index (χ1n) is 11.4. The van der Waals surface area contributed by atoms with Crippen LogP contribution in [0.3, 0.4) is 0 Å². The molecule has 5 rings (SSSR count). The molecule has 39 heavy (non-hydrogen) atoms. The SMILES string of the molecule is Cc1nc([C@@H]2O[C@H](CO)[C@H](O)[C@H](n3cc(-c4cc(F)c(F)c(F)c4)cn3)[C@H]2O)n(-c2cnc(C#N)c(Cl)c2)n1. The van der Waals surface area contributed by atoms with Crippen LogP contribution in [0.5, 0.6) is 0 Å². The number of nitriles is 1. The van der Waals surface area contributed by atoms with Gasteiger partial charge < -0.3 is 20.1 Å². The Morgan fingerprint density at radius 3 is 2.46 bits per heavy atom. The first-order valence-corrected chi connectivity index (χ1v) is 11.8. The summed E-state index contributed by atoms with van der Waals surface area (Å²) in [6, 6.07) is 3.63. The van der Waals surface area contributed by atoms with Gasteiger partial charge in [-0.2, -0.15) is 15.5 Å². The van der Waals surface area contributed by atoms with Crippen LogP contribution in [0.25, 0.3) is 16.8 Å². The van der Waals surface area contributed by atoms with Crippen molar-refractivity contribution in [3.63, 3.8) is 0 Å². The Morgan fingerprint density at radius 1 is 1.10 bits per heavy atom. The summed E-state index contributed by atoms with van der Waals surface area (Å²) in [5.74, 6) is -4.04. The van der Waals surface area contributed by atoms with Crippen molar-refractivity contribution in [3.8, 4) is 22.9 Å². The predicted octanol–water partition coefficient (Wildman–Crippen LogP) is 2.17. The number of rotatable bonds is 5. The number of aliphatic hydroxyl groups is 3. The maximum Gasteiger partial charge on any atom is 0.194 e. The molecule has 0 bridgehead atoms. The van der Waals surface area contributed by atoms with E-state index >= 15 is 0 Å². The number of pyridine rings is 1. The minimum absolute atomic E-state index is 0.00770. The largest absolute Gasteiger partial charge is 0.394 e. The van der Waals surface area contributed by atoms with Crippen molar-refractivity contribution >= 4 is 11.6 Å². The van der Waals surface area contributed by atoms with Crippen LogP contribution in [-0.4, -0.2) is 69.8 Å². The molecular weight excluding hydrogens is 543 g/mol. The lowest BCUT2D eigenvalue weighted by molar-refractivity contribution is -0.210. The zero-order valence-electron chi connectivity index (χ0n) is 20.0. The Hall–Kier alpha value is -3.87. The van der Waals surface area contributed by atoms with Crippen LogP contribution in [0.15, 0.2) is 36.8 Å². The third-order valence-corrected chi connectivity index (χ3v) is 6.57. The highest BCUT2D eigenvalue weighted by molar-refractivity contribution is 6.31.